The summed E-state index contributed by atoms with van der Waals surface area (Å²) in [5.41, 5.74) is 0. The van der Waals surface area contributed by atoms with E-state index in [-0.39, 0.29) is 18.2 Å². The van der Waals surface area contributed by atoms with Crippen molar-refractivity contribution >= 4 is 6.03 Å². The van der Waals surface area contributed by atoms with Gasteiger partial charge in [0.1, 0.15) is 12.7 Å². The average molecular weight is 267 g/mol. The van der Waals surface area contributed by atoms with E-state index in [1.54, 1.807) is 11.0 Å². The molecule has 0 spiro atoms. The van der Waals surface area contributed by atoms with Crippen LogP contribution in [0, 0.1) is 0 Å². The van der Waals surface area contributed by atoms with Crippen LogP contribution in [0.15, 0.2) is 12.7 Å². The summed E-state index contributed by atoms with van der Waals surface area (Å²) in [6.45, 7) is 4.15. The van der Waals surface area contributed by atoms with Gasteiger partial charge >= 0.3 is 6.03 Å². The molecule has 106 valence electrons. The standard InChI is InChI=1S/C12H21N5O2/c1-10(11-4-2-7-19-11)16-12(18)14-5-3-6-17-9-13-8-15-17/h8-11H,2-7H2,1H3,(H2,14,16,18)/t10-,11-/m1/s1. The molecule has 2 heterocycles. The van der Waals surface area contributed by atoms with E-state index in [4.69, 9.17) is 4.74 Å². The molecular weight excluding hydrogens is 246 g/mol. The van der Waals surface area contributed by atoms with E-state index in [9.17, 15) is 4.79 Å². The molecule has 0 radical (unpaired) electrons. The number of ether oxygens (including phenoxy) is 1. The van der Waals surface area contributed by atoms with E-state index in [2.05, 4.69) is 20.7 Å². The maximum absolute atomic E-state index is 11.7. The summed E-state index contributed by atoms with van der Waals surface area (Å²) in [4.78, 5) is 15.5. The van der Waals surface area contributed by atoms with Gasteiger partial charge in [0, 0.05) is 19.7 Å². The minimum absolute atomic E-state index is 0.0535. The van der Waals surface area contributed by atoms with Gasteiger partial charge in [0.2, 0.25) is 0 Å². The normalized spacial score (nSPS) is 20.2. The number of carbonyl (C=O) groups excluding carboxylic acids is 1. The molecular formula is C12H21N5O2. The monoisotopic (exact) mass is 267 g/mol. The van der Waals surface area contributed by atoms with Crippen LogP contribution >= 0.6 is 0 Å². The van der Waals surface area contributed by atoms with E-state index in [1.807, 2.05) is 6.92 Å². The van der Waals surface area contributed by atoms with Crippen molar-refractivity contribution in [3.05, 3.63) is 12.7 Å². The zero-order chi connectivity index (χ0) is 13.5. The predicted octanol–water partition coefficient (Wildman–Crippen LogP) is 0.535. The molecule has 2 atom stereocenters. The van der Waals surface area contributed by atoms with Gasteiger partial charge in [-0.3, -0.25) is 4.68 Å². The summed E-state index contributed by atoms with van der Waals surface area (Å²) in [7, 11) is 0. The molecule has 1 aliphatic rings. The molecule has 1 aromatic heterocycles. The van der Waals surface area contributed by atoms with Crippen molar-refractivity contribution in [2.24, 2.45) is 0 Å². The van der Waals surface area contributed by atoms with Crippen molar-refractivity contribution in [1.29, 1.82) is 0 Å². The van der Waals surface area contributed by atoms with E-state index in [0.29, 0.717) is 6.54 Å². The lowest BCUT2D eigenvalue weighted by Gasteiger charge is -2.20. The van der Waals surface area contributed by atoms with Crippen LogP contribution in [0.3, 0.4) is 0 Å². The number of aromatic nitrogens is 3. The molecule has 0 unspecified atom stereocenters. The van der Waals surface area contributed by atoms with Crippen LogP contribution in [0.5, 0.6) is 0 Å². The Labute approximate surface area is 112 Å². The van der Waals surface area contributed by atoms with Gasteiger partial charge in [0.25, 0.3) is 0 Å². The molecule has 0 aromatic carbocycles. The van der Waals surface area contributed by atoms with Gasteiger partial charge in [0.15, 0.2) is 0 Å². The molecule has 7 heteroatoms. The lowest BCUT2D eigenvalue weighted by molar-refractivity contribution is 0.0860. The number of nitrogens with one attached hydrogen (secondary N) is 2. The van der Waals surface area contributed by atoms with Gasteiger partial charge in [-0.2, -0.15) is 5.10 Å². The molecule has 7 nitrogen and oxygen atoms in total. The molecule has 19 heavy (non-hydrogen) atoms. The third-order valence-electron chi connectivity index (χ3n) is 3.20. The van der Waals surface area contributed by atoms with Crippen molar-refractivity contribution in [3.63, 3.8) is 0 Å². The number of rotatable bonds is 6. The van der Waals surface area contributed by atoms with E-state index < -0.39 is 0 Å². The highest BCUT2D eigenvalue weighted by Gasteiger charge is 2.23. The van der Waals surface area contributed by atoms with Crippen LogP contribution in [0.4, 0.5) is 4.79 Å². The molecule has 2 N–H and O–H groups in total. The number of nitrogens with zero attached hydrogens (tertiary/aromatic N) is 3. The quantitative estimate of drug-likeness (QED) is 0.737. The molecule has 2 amide bonds. The topological polar surface area (TPSA) is 81.1 Å². The molecule has 1 saturated heterocycles. The largest absolute Gasteiger partial charge is 0.376 e. The van der Waals surface area contributed by atoms with Crippen molar-refractivity contribution in [3.8, 4) is 0 Å². The van der Waals surface area contributed by atoms with Crippen LogP contribution in [0.2, 0.25) is 0 Å². The fourth-order valence-electron chi connectivity index (χ4n) is 2.14. The van der Waals surface area contributed by atoms with Crippen LogP contribution < -0.4 is 10.6 Å². The first-order valence-corrected chi connectivity index (χ1v) is 6.74. The number of carbonyl (C=O) groups is 1. The second-order valence-corrected chi connectivity index (χ2v) is 4.75. The first-order chi connectivity index (χ1) is 9.25. The van der Waals surface area contributed by atoms with Gasteiger partial charge in [-0.05, 0) is 26.2 Å². The smallest absolute Gasteiger partial charge is 0.315 e. The van der Waals surface area contributed by atoms with Gasteiger partial charge in [-0.25, -0.2) is 9.78 Å². The SMILES string of the molecule is C[C@@H](NC(=O)NCCCn1cncn1)[C@H]1CCCO1. The number of urea groups is 1. The van der Waals surface area contributed by atoms with Gasteiger partial charge in [-0.15, -0.1) is 0 Å². The Balaban J connectivity index is 1.56. The fourth-order valence-corrected chi connectivity index (χ4v) is 2.14. The number of hydrogen-bond acceptors (Lipinski definition) is 4. The molecule has 0 aliphatic carbocycles. The summed E-state index contributed by atoms with van der Waals surface area (Å²) in [6.07, 6.45) is 6.25. The Morgan fingerprint density at radius 2 is 2.53 bits per heavy atom. The molecule has 1 aromatic rings. The van der Waals surface area contributed by atoms with Crippen LogP contribution in [0.25, 0.3) is 0 Å². The number of amides is 2. The zero-order valence-electron chi connectivity index (χ0n) is 11.2. The van der Waals surface area contributed by atoms with Crippen molar-refractivity contribution < 1.29 is 9.53 Å². The third-order valence-corrected chi connectivity index (χ3v) is 3.20. The molecule has 1 fully saturated rings. The minimum Gasteiger partial charge on any atom is -0.376 e. The van der Waals surface area contributed by atoms with E-state index in [1.165, 1.54) is 6.33 Å². The third kappa shape index (κ3) is 4.51. The first-order valence-electron chi connectivity index (χ1n) is 6.74. The van der Waals surface area contributed by atoms with Crippen LogP contribution in [-0.2, 0) is 11.3 Å². The fraction of sp³-hybridized carbons (Fsp3) is 0.750. The van der Waals surface area contributed by atoms with Crippen LogP contribution in [-0.4, -0.2) is 46.1 Å². The highest BCUT2D eigenvalue weighted by molar-refractivity contribution is 5.74. The molecule has 0 bridgehead atoms. The Bertz CT molecular complexity index is 375. The summed E-state index contributed by atoms with van der Waals surface area (Å²) in [6, 6.07) is -0.0839. The van der Waals surface area contributed by atoms with Gasteiger partial charge in [0.05, 0.1) is 12.1 Å². The maximum atomic E-state index is 11.7. The molecule has 1 aliphatic heterocycles. The summed E-state index contributed by atoms with van der Waals surface area (Å²) in [5, 5.41) is 9.73. The zero-order valence-corrected chi connectivity index (χ0v) is 11.2. The number of aryl methyl sites for hydroxylation is 1. The first kappa shape index (κ1) is 13.8. The van der Waals surface area contributed by atoms with Gasteiger partial charge < -0.3 is 15.4 Å². The molecule has 0 saturated carbocycles. The Hall–Kier alpha value is -1.63. The second kappa shape index (κ2) is 7.08. The Morgan fingerprint density at radius 3 is 3.21 bits per heavy atom. The van der Waals surface area contributed by atoms with Crippen molar-refractivity contribution in [2.75, 3.05) is 13.2 Å². The average Bonchev–Trinajstić information content (AvgIpc) is 3.07. The summed E-state index contributed by atoms with van der Waals surface area (Å²) >= 11 is 0. The van der Waals surface area contributed by atoms with Crippen molar-refractivity contribution in [2.45, 2.75) is 44.9 Å². The molecule has 2 rings (SSSR count). The summed E-state index contributed by atoms with van der Waals surface area (Å²) < 4.78 is 7.27. The van der Waals surface area contributed by atoms with Crippen LogP contribution in [0.1, 0.15) is 26.2 Å². The second-order valence-electron chi connectivity index (χ2n) is 4.75. The Kier molecular flexibility index (Phi) is 5.14. The summed E-state index contributed by atoms with van der Waals surface area (Å²) in [5.74, 6) is 0. The van der Waals surface area contributed by atoms with Gasteiger partial charge in [-0.1, -0.05) is 0 Å². The maximum Gasteiger partial charge on any atom is 0.315 e. The highest BCUT2D eigenvalue weighted by atomic mass is 16.5. The highest BCUT2D eigenvalue weighted by Crippen LogP contribution is 2.15. The minimum atomic E-state index is -0.137. The van der Waals surface area contributed by atoms with E-state index >= 15 is 0 Å². The lowest BCUT2D eigenvalue weighted by atomic mass is 10.1. The lowest BCUT2D eigenvalue weighted by Crippen LogP contribution is -2.46. The van der Waals surface area contributed by atoms with E-state index in [0.717, 1.165) is 32.4 Å². The Morgan fingerprint density at radius 1 is 1.63 bits per heavy atom. The van der Waals surface area contributed by atoms with Crippen molar-refractivity contribution in [1.82, 2.24) is 25.4 Å². The number of hydrogen-bond donors (Lipinski definition) is 2. The predicted molar refractivity (Wildman–Crippen MR) is 69.6 cm³/mol.